The first kappa shape index (κ1) is 27.5. The van der Waals surface area contributed by atoms with Gasteiger partial charge < -0.3 is 10.2 Å². The SMILES string of the molecule is N#CC1=CCC2C(=C1)c1ccccc1N2c1ccccc1C1=CC=CC[C@@H]1c1cc(C#N)ccc1NC1CCCCC1C#N. The molecule has 44 heavy (non-hydrogen) atoms. The first-order valence-electron chi connectivity index (χ1n) is 15.6. The second kappa shape index (κ2) is 11.8. The highest BCUT2D eigenvalue weighted by Crippen LogP contribution is 2.51. The van der Waals surface area contributed by atoms with Crippen LogP contribution in [0.3, 0.4) is 0 Å². The number of allylic oxidation sites excluding steroid dienone is 6. The predicted octanol–water partition coefficient (Wildman–Crippen LogP) is 8.94. The number of benzene rings is 3. The number of hydrogen-bond donors (Lipinski definition) is 1. The molecule has 3 aromatic carbocycles. The van der Waals surface area contributed by atoms with Crippen LogP contribution in [0, 0.1) is 39.9 Å². The summed E-state index contributed by atoms with van der Waals surface area (Å²) in [6, 6.07) is 30.5. The minimum Gasteiger partial charge on any atom is -0.381 e. The summed E-state index contributed by atoms with van der Waals surface area (Å²) in [6.07, 6.45) is 16.4. The van der Waals surface area contributed by atoms with Gasteiger partial charge in [0.2, 0.25) is 0 Å². The smallest absolute Gasteiger partial charge is 0.0991 e. The Morgan fingerprint density at radius 3 is 2.30 bits per heavy atom. The summed E-state index contributed by atoms with van der Waals surface area (Å²) >= 11 is 0. The van der Waals surface area contributed by atoms with Crippen molar-refractivity contribution >= 4 is 28.2 Å². The molecule has 1 saturated carbocycles. The molecule has 3 aliphatic carbocycles. The van der Waals surface area contributed by atoms with E-state index in [0.29, 0.717) is 5.56 Å². The Bertz CT molecular complexity index is 1870. The van der Waals surface area contributed by atoms with E-state index < -0.39 is 0 Å². The fourth-order valence-electron chi connectivity index (χ4n) is 7.50. The van der Waals surface area contributed by atoms with Gasteiger partial charge in [-0.2, -0.15) is 15.8 Å². The molecule has 5 nitrogen and oxygen atoms in total. The highest BCUT2D eigenvalue weighted by atomic mass is 15.2. The number of para-hydroxylation sites is 2. The Balaban J connectivity index is 1.32. The van der Waals surface area contributed by atoms with E-state index in [-0.39, 0.29) is 23.9 Å². The van der Waals surface area contributed by atoms with Crippen LogP contribution in [0.5, 0.6) is 0 Å². The van der Waals surface area contributed by atoms with E-state index in [1.807, 2.05) is 30.4 Å². The van der Waals surface area contributed by atoms with Crippen molar-refractivity contribution in [3.63, 3.8) is 0 Å². The summed E-state index contributed by atoms with van der Waals surface area (Å²) in [5.41, 5.74) is 10.5. The van der Waals surface area contributed by atoms with Gasteiger partial charge >= 0.3 is 0 Å². The van der Waals surface area contributed by atoms with E-state index in [4.69, 9.17) is 0 Å². The summed E-state index contributed by atoms with van der Waals surface area (Å²) in [5.74, 6) is 0.0168. The van der Waals surface area contributed by atoms with Crippen LogP contribution in [-0.4, -0.2) is 12.1 Å². The number of nitrogens with one attached hydrogen (secondary N) is 1. The van der Waals surface area contributed by atoms with Gasteiger partial charge in [-0.15, -0.1) is 0 Å². The fraction of sp³-hybridized carbons (Fsp3) is 0.256. The summed E-state index contributed by atoms with van der Waals surface area (Å²) in [5, 5.41) is 33.2. The first-order valence-corrected chi connectivity index (χ1v) is 15.6. The maximum Gasteiger partial charge on any atom is 0.0991 e. The van der Waals surface area contributed by atoms with Gasteiger partial charge in [-0.25, -0.2) is 0 Å². The van der Waals surface area contributed by atoms with Gasteiger partial charge in [-0.1, -0.05) is 73.5 Å². The van der Waals surface area contributed by atoms with Gasteiger partial charge in [0.05, 0.1) is 35.7 Å². The zero-order chi connectivity index (χ0) is 30.0. The molecule has 214 valence electrons. The lowest BCUT2D eigenvalue weighted by Gasteiger charge is -2.34. The van der Waals surface area contributed by atoms with Crippen molar-refractivity contribution in [3.8, 4) is 18.2 Å². The van der Waals surface area contributed by atoms with Crippen LogP contribution in [-0.2, 0) is 0 Å². The molecular weight excluding hydrogens is 538 g/mol. The summed E-state index contributed by atoms with van der Waals surface area (Å²) in [6.45, 7) is 0. The third-order valence-corrected chi connectivity index (χ3v) is 9.61. The molecule has 4 atom stereocenters. The molecule has 4 aliphatic rings. The molecule has 0 spiro atoms. The van der Waals surface area contributed by atoms with Gasteiger partial charge in [0.25, 0.3) is 0 Å². The third-order valence-electron chi connectivity index (χ3n) is 9.61. The monoisotopic (exact) mass is 571 g/mol. The van der Waals surface area contributed by atoms with E-state index in [2.05, 4.69) is 95.2 Å². The number of hydrogen-bond acceptors (Lipinski definition) is 5. The zero-order valence-electron chi connectivity index (χ0n) is 24.6. The van der Waals surface area contributed by atoms with Crippen molar-refractivity contribution < 1.29 is 0 Å². The van der Waals surface area contributed by atoms with Crippen molar-refractivity contribution in [2.24, 2.45) is 5.92 Å². The average Bonchev–Trinajstić information content (AvgIpc) is 3.42. The molecule has 0 aromatic heterocycles. The maximum atomic E-state index is 9.88. The maximum absolute atomic E-state index is 9.88. The van der Waals surface area contributed by atoms with Crippen molar-refractivity contribution in [1.29, 1.82) is 15.8 Å². The van der Waals surface area contributed by atoms with E-state index in [1.54, 1.807) is 0 Å². The Morgan fingerprint density at radius 1 is 0.795 bits per heavy atom. The fourth-order valence-corrected chi connectivity index (χ4v) is 7.50. The second-order valence-electron chi connectivity index (χ2n) is 12.0. The molecule has 7 rings (SSSR count). The summed E-state index contributed by atoms with van der Waals surface area (Å²) in [7, 11) is 0. The van der Waals surface area contributed by atoms with Crippen LogP contribution in [0.4, 0.5) is 17.1 Å². The van der Waals surface area contributed by atoms with Crippen LogP contribution in [0.2, 0.25) is 0 Å². The Hall–Kier alpha value is -5.31. The van der Waals surface area contributed by atoms with Crippen LogP contribution in [0.1, 0.15) is 66.7 Å². The largest absolute Gasteiger partial charge is 0.381 e. The molecule has 3 aromatic rings. The lowest BCUT2D eigenvalue weighted by atomic mass is 9.79. The van der Waals surface area contributed by atoms with E-state index >= 15 is 0 Å². The van der Waals surface area contributed by atoms with Crippen molar-refractivity contribution in [2.75, 3.05) is 10.2 Å². The zero-order valence-corrected chi connectivity index (χ0v) is 24.6. The highest BCUT2D eigenvalue weighted by molar-refractivity contribution is 5.97. The number of fused-ring (bicyclic) bond motifs is 3. The summed E-state index contributed by atoms with van der Waals surface area (Å²) < 4.78 is 0. The standard InChI is InChI=1S/C39H33N5/c40-23-26-17-19-36(43-35-14-6-1-9-28(35)25-42)33(21-26)30-11-3-2-10-29(30)31-12-4-7-15-37(31)44-38-16-8-5-13-32(38)34-22-27(24-41)18-20-39(34)44/h2-5,7-8,10,12-13,15-19,21-22,28,30,35,39,43H,1,6,9,11,14,20H2/t28?,30-,35?,39?/m0/s1. The third kappa shape index (κ3) is 4.80. The van der Waals surface area contributed by atoms with E-state index in [0.717, 1.165) is 72.3 Å². The molecule has 0 amide bonds. The van der Waals surface area contributed by atoms with Gasteiger partial charge in [0, 0.05) is 45.7 Å². The summed E-state index contributed by atoms with van der Waals surface area (Å²) in [4.78, 5) is 2.45. The van der Waals surface area contributed by atoms with Crippen molar-refractivity contribution in [3.05, 3.63) is 125 Å². The lowest BCUT2D eigenvalue weighted by molar-refractivity contribution is 0.388. The Labute approximate surface area is 259 Å². The molecule has 0 saturated heterocycles. The lowest BCUT2D eigenvalue weighted by Crippen LogP contribution is -2.32. The van der Waals surface area contributed by atoms with Gasteiger partial charge in [-0.05, 0) is 78.8 Å². The molecule has 1 aliphatic heterocycles. The minimum absolute atomic E-state index is 0.0159. The second-order valence-corrected chi connectivity index (χ2v) is 12.0. The Kier molecular flexibility index (Phi) is 7.35. The number of nitrogens with zero attached hydrogens (tertiary/aromatic N) is 4. The number of rotatable bonds is 5. The molecule has 1 heterocycles. The molecule has 5 heteroatoms. The topological polar surface area (TPSA) is 86.6 Å². The van der Waals surface area contributed by atoms with Crippen molar-refractivity contribution in [2.45, 2.75) is 56.5 Å². The first-order chi connectivity index (χ1) is 21.7. The van der Waals surface area contributed by atoms with Gasteiger partial charge in [0.15, 0.2) is 0 Å². The average molecular weight is 572 g/mol. The Morgan fingerprint density at radius 2 is 1.55 bits per heavy atom. The minimum atomic E-state index is -0.0159. The molecule has 3 unspecified atom stereocenters. The van der Waals surface area contributed by atoms with Crippen LogP contribution in [0.25, 0.3) is 11.1 Å². The molecule has 1 N–H and O–H groups in total. The highest BCUT2D eigenvalue weighted by Gasteiger charge is 2.37. The van der Waals surface area contributed by atoms with Gasteiger partial charge in [-0.3, -0.25) is 0 Å². The molecule has 1 fully saturated rings. The molecule has 0 radical (unpaired) electrons. The van der Waals surface area contributed by atoms with Crippen molar-refractivity contribution in [1.82, 2.24) is 0 Å². The van der Waals surface area contributed by atoms with E-state index in [9.17, 15) is 15.8 Å². The van der Waals surface area contributed by atoms with Gasteiger partial charge in [0.1, 0.15) is 0 Å². The number of nitriles is 3. The van der Waals surface area contributed by atoms with Crippen LogP contribution < -0.4 is 10.2 Å². The molecule has 0 bridgehead atoms. The van der Waals surface area contributed by atoms with Crippen LogP contribution >= 0.6 is 0 Å². The number of anilines is 3. The van der Waals surface area contributed by atoms with E-state index in [1.165, 1.54) is 16.7 Å². The van der Waals surface area contributed by atoms with Crippen LogP contribution in [0.15, 0.2) is 103 Å². The molecular formula is C39H33N5. The normalized spacial score (nSPS) is 23.6. The quantitative estimate of drug-likeness (QED) is 0.330. The predicted molar refractivity (Wildman–Crippen MR) is 176 cm³/mol.